The molecule has 2 heterocycles. The molecule has 110 valence electrons. The van der Waals surface area contributed by atoms with Crippen molar-refractivity contribution in [3.8, 4) is 0 Å². The second-order valence-electron chi connectivity index (χ2n) is 5.28. The molecule has 1 aromatic carbocycles. The van der Waals surface area contributed by atoms with Crippen molar-refractivity contribution in [1.82, 2.24) is 10.3 Å². The first-order valence-electron chi connectivity index (χ1n) is 7.15. The summed E-state index contributed by atoms with van der Waals surface area (Å²) in [6.45, 7) is 0.744. The van der Waals surface area contributed by atoms with Crippen LogP contribution in [0.3, 0.4) is 0 Å². The van der Waals surface area contributed by atoms with Crippen LogP contribution in [0.1, 0.15) is 23.2 Å². The van der Waals surface area contributed by atoms with Gasteiger partial charge in [-0.1, -0.05) is 29.8 Å². The van der Waals surface area contributed by atoms with E-state index >= 15 is 0 Å². The first kappa shape index (κ1) is 14.7. The number of benzene rings is 1. The van der Waals surface area contributed by atoms with Crippen LogP contribution >= 0.6 is 23.4 Å². The molecule has 1 saturated heterocycles. The largest absolute Gasteiger partial charge is 0.352 e. The zero-order valence-corrected chi connectivity index (χ0v) is 13.2. The molecular formula is C16H17ClN2OS. The molecule has 0 saturated carbocycles. The predicted molar refractivity (Wildman–Crippen MR) is 89.1 cm³/mol. The summed E-state index contributed by atoms with van der Waals surface area (Å²) in [7, 11) is 0. The van der Waals surface area contributed by atoms with Crippen LogP contribution in [0, 0.1) is 5.92 Å². The van der Waals surface area contributed by atoms with Crippen molar-refractivity contribution in [2.75, 3.05) is 18.1 Å². The van der Waals surface area contributed by atoms with Crippen molar-refractivity contribution < 1.29 is 4.79 Å². The van der Waals surface area contributed by atoms with Crippen LogP contribution < -0.4 is 5.32 Å². The van der Waals surface area contributed by atoms with Crippen molar-refractivity contribution in [2.24, 2.45) is 5.92 Å². The second-order valence-corrected chi connectivity index (χ2v) is 6.89. The molecule has 5 heteroatoms. The molecule has 1 N–H and O–H groups in total. The molecule has 3 rings (SSSR count). The number of carbonyl (C=O) groups is 1. The number of hydrogen-bond donors (Lipinski definition) is 1. The van der Waals surface area contributed by atoms with Crippen LogP contribution in [-0.4, -0.2) is 28.9 Å². The molecule has 1 fully saturated rings. The van der Waals surface area contributed by atoms with Gasteiger partial charge >= 0.3 is 0 Å². The second kappa shape index (κ2) is 6.67. The highest BCUT2D eigenvalue weighted by atomic mass is 35.5. The van der Waals surface area contributed by atoms with Gasteiger partial charge in [-0.3, -0.25) is 4.79 Å². The molecule has 21 heavy (non-hydrogen) atoms. The molecule has 3 nitrogen and oxygen atoms in total. The van der Waals surface area contributed by atoms with Crippen LogP contribution in [0.4, 0.5) is 0 Å². The maximum atomic E-state index is 12.5. The maximum Gasteiger partial charge on any atom is 0.252 e. The smallest absolute Gasteiger partial charge is 0.252 e. The standard InChI is InChI=1S/C16H17ClN2OS/c17-15-9-13(12-3-1-2-4-14(12)19-15)16(20)18-10-11-5-7-21-8-6-11/h1-4,9,11H,5-8,10H2,(H,18,20). The van der Waals surface area contributed by atoms with Crippen LogP contribution in [0.25, 0.3) is 10.9 Å². The van der Waals surface area contributed by atoms with Gasteiger partial charge in [0.25, 0.3) is 5.91 Å². The Morgan fingerprint density at radius 2 is 2.10 bits per heavy atom. The highest BCUT2D eigenvalue weighted by molar-refractivity contribution is 7.99. The van der Waals surface area contributed by atoms with E-state index in [0.29, 0.717) is 16.6 Å². The molecule has 0 spiro atoms. The lowest BCUT2D eigenvalue weighted by Gasteiger charge is -2.21. The van der Waals surface area contributed by atoms with E-state index in [1.54, 1.807) is 6.07 Å². The van der Waals surface area contributed by atoms with Crippen molar-refractivity contribution in [3.63, 3.8) is 0 Å². The number of hydrogen-bond acceptors (Lipinski definition) is 3. The van der Waals surface area contributed by atoms with Gasteiger partial charge in [0.1, 0.15) is 5.15 Å². The van der Waals surface area contributed by atoms with E-state index in [9.17, 15) is 4.79 Å². The molecule has 0 radical (unpaired) electrons. The van der Waals surface area contributed by atoms with Gasteiger partial charge in [-0.25, -0.2) is 4.98 Å². The summed E-state index contributed by atoms with van der Waals surface area (Å²) in [5, 5.41) is 4.25. The minimum absolute atomic E-state index is 0.0614. The van der Waals surface area contributed by atoms with Gasteiger partial charge < -0.3 is 5.32 Å². The number of amides is 1. The fraction of sp³-hybridized carbons (Fsp3) is 0.375. The predicted octanol–water partition coefficient (Wildman–Crippen LogP) is 3.76. The molecule has 2 aromatic rings. The van der Waals surface area contributed by atoms with E-state index in [0.717, 1.165) is 17.4 Å². The number of carbonyl (C=O) groups excluding carboxylic acids is 1. The van der Waals surface area contributed by atoms with E-state index in [2.05, 4.69) is 10.3 Å². The summed E-state index contributed by atoms with van der Waals surface area (Å²) >= 11 is 8.02. The Balaban J connectivity index is 1.77. The van der Waals surface area contributed by atoms with Gasteiger partial charge in [0.2, 0.25) is 0 Å². The number of nitrogens with one attached hydrogen (secondary N) is 1. The zero-order chi connectivity index (χ0) is 14.7. The van der Waals surface area contributed by atoms with E-state index < -0.39 is 0 Å². The first-order valence-corrected chi connectivity index (χ1v) is 8.68. The van der Waals surface area contributed by atoms with Gasteiger partial charge in [-0.15, -0.1) is 0 Å². The quantitative estimate of drug-likeness (QED) is 0.875. The van der Waals surface area contributed by atoms with Gasteiger partial charge in [0.15, 0.2) is 0 Å². The zero-order valence-electron chi connectivity index (χ0n) is 11.6. The molecule has 0 bridgehead atoms. The number of pyridine rings is 1. The summed E-state index contributed by atoms with van der Waals surface area (Å²) in [5.74, 6) is 2.93. The van der Waals surface area contributed by atoms with Crippen molar-refractivity contribution in [2.45, 2.75) is 12.8 Å². The molecule has 1 aliphatic heterocycles. The minimum atomic E-state index is -0.0614. The average molecular weight is 321 g/mol. The third kappa shape index (κ3) is 3.50. The van der Waals surface area contributed by atoms with Crippen molar-refractivity contribution in [3.05, 3.63) is 41.0 Å². The van der Waals surface area contributed by atoms with Crippen LogP contribution in [-0.2, 0) is 0 Å². The Hall–Kier alpha value is -1.26. The first-order chi connectivity index (χ1) is 10.2. The Labute approximate surface area is 133 Å². The highest BCUT2D eigenvalue weighted by Gasteiger charge is 2.17. The third-order valence-corrected chi connectivity index (χ3v) is 5.06. The van der Waals surface area contributed by atoms with Crippen LogP contribution in [0.2, 0.25) is 5.15 Å². The Kier molecular flexibility index (Phi) is 4.66. The van der Waals surface area contributed by atoms with Crippen LogP contribution in [0.5, 0.6) is 0 Å². The summed E-state index contributed by atoms with van der Waals surface area (Å²) in [6, 6.07) is 9.23. The molecule has 0 atom stereocenters. The lowest BCUT2D eigenvalue weighted by Crippen LogP contribution is -2.31. The topological polar surface area (TPSA) is 42.0 Å². The Bertz CT molecular complexity index is 656. The molecule has 1 aliphatic rings. The number of fused-ring (bicyclic) bond motifs is 1. The molecular weight excluding hydrogens is 304 g/mol. The summed E-state index contributed by atoms with van der Waals surface area (Å²) in [6.07, 6.45) is 2.37. The number of para-hydroxylation sites is 1. The minimum Gasteiger partial charge on any atom is -0.352 e. The van der Waals surface area contributed by atoms with E-state index in [1.807, 2.05) is 36.0 Å². The van der Waals surface area contributed by atoms with E-state index in [-0.39, 0.29) is 5.91 Å². The van der Waals surface area contributed by atoms with Gasteiger partial charge in [-0.2, -0.15) is 11.8 Å². The lowest BCUT2D eigenvalue weighted by molar-refractivity contribution is 0.0948. The normalized spacial score (nSPS) is 16.0. The van der Waals surface area contributed by atoms with Gasteiger partial charge in [0, 0.05) is 11.9 Å². The van der Waals surface area contributed by atoms with Crippen LogP contribution in [0.15, 0.2) is 30.3 Å². The maximum absolute atomic E-state index is 12.5. The Morgan fingerprint density at radius 3 is 2.90 bits per heavy atom. The summed E-state index contributed by atoms with van der Waals surface area (Å²) in [5.41, 5.74) is 1.36. The van der Waals surface area contributed by atoms with Gasteiger partial charge in [0.05, 0.1) is 11.1 Å². The molecule has 0 unspecified atom stereocenters. The fourth-order valence-electron chi connectivity index (χ4n) is 2.61. The van der Waals surface area contributed by atoms with E-state index in [4.69, 9.17) is 11.6 Å². The monoisotopic (exact) mass is 320 g/mol. The number of rotatable bonds is 3. The highest BCUT2D eigenvalue weighted by Crippen LogP contribution is 2.23. The van der Waals surface area contributed by atoms with Crippen molar-refractivity contribution >= 4 is 40.2 Å². The summed E-state index contributed by atoms with van der Waals surface area (Å²) < 4.78 is 0. The van der Waals surface area contributed by atoms with Crippen molar-refractivity contribution in [1.29, 1.82) is 0 Å². The SMILES string of the molecule is O=C(NCC1CCSCC1)c1cc(Cl)nc2ccccc12. The number of nitrogens with zero attached hydrogens (tertiary/aromatic N) is 1. The number of halogens is 1. The summed E-state index contributed by atoms with van der Waals surface area (Å²) in [4.78, 5) is 16.7. The Morgan fingerprint density at radius 1 is 1.33 bits per heavy atom. The molecule has 1 amide bonds. The lowest BCUT2D eigenvalue weighted by atomic mass is 10.0. The number of thioether (sulfide) groups is 1. The molecule has 0 aliphatic carbocycles. The van der Waals surface area contributed by atoms with Gasteiger partial charge in [-0.05, 0) is 42.4 Å². The average Bonchev–Trinajstić information content (AvgIpc) is 2.52. The van der Waals surface area contributed by atoms with E-state index in [1.165, 1.54) is 24.3 Å². The molecule has 1 aromatic heterocycles. The fourth-order valence-corrected chi connectivity index (χ4v) is 4.02. The number of aromatic nitrogens is 1. The third-order valence-electron chi connectivity index (χ3n) is 3.82.